The van der Waals surface area contributed by atoms with E-state index in [0.717, 1.165) is 24.3 Å². The Morgan fingerprint density at radius 2 is 2.50 bits per heavy atom. The van der Waals surface area contributed by atoms with Crippen LogP contribution in [0.2, 0.25) is 0 Å². The van der Waals surface area contributed by atoms with Crippen LogP contribution in [-0.4, -0.2) is 11.1 Å². The van der Waals surface area contributed by atoms with Gasteiger partial charge in [-0.25, -0.2) is 0 Å². The van der Waals surface area contributed by atoms with Gasteiger partial charge in [-0.1, -0.05) is 11.3 Å². The van der Waals surface area contributed by atoms with Gasteiger partial charge in [-0.3, -0.25) is 14.4 Å². The normalized spacial score (nSPS) is 15.9. The molecule has 0 amide bonds. The van der Waals surface area contributed by atoms with E-state index in [1.165, 1.54) is 11.3 Å². The summed E-state index contributed by atoms with van der Waals surface area (Å²) in [5.41, 5.74) is 0.0415. The molecule has 0 saturated heterocycles. The molecule has 0 spiro atoms. The van der Waals surface area contributed by atoms with E-state index in [-0.39, 0.29) is 5.56 Å². The molecule has 0 aliphatic carbocycles. The predicted molar refractivity (Wildman–Crippen MR) is 61.1 cm³/mol. The lowest BCUT2D eigenvalue weighted by molar-refractivity contribution is 0.556. The summed E-state index contributed by atoms with van der Waals surface area (Å²) in [7, 11) is 0. The molecule has 0 N–H and O–H groups in total. The van der Waals surface area contributed by atoms with Gasteiger partial charge in [0.1, 0.15) is 5.76 Å². The maximum absolute atomic E-state index is 12.0. The van der Waals surface area contributed by atoms with Gasteiger partial charge in [-0.2, -0.15) is 0 Å². The summed E-state index contributed by atoms with van der Waals surface area (Å²) in [6.45, 7) is 1.60. The first-order valence-corrected chi connectivity index (χ1v) is 5.95. The Bertz CT molecular complexity index is 664. The van der Waals surface area contributed by atoms with Crippen LogP contribution in [0.4, 0.5) is 0 Å². The van der Waals surface area contributed by atoms with Crippen molar-refractivity contribution in [2.75, 3.05) is 6.54 Å². The lowest BCUT2D eigenvalue weighted by Gasteiger charge is -2.03. The Labute approximate surface area is 95.2 Å². The summed E-state index contributed by atoms with van der Waals surface area (Å²) in [5.74, 6) is 0.705. The average Bonchev–Trinajstić information content (AvgIpc) is 2.90. The van der Waals surface area contributed by atoms with Crippen LogP contribution in [0, 0.1) is 0 Å². The Hall–Kier alpha value is -1.62. The molecule has 0 atom stereocenters. The van der Waals surface area contributed by atoms with Crippen LogP contribution in [0.3, 0.4) is 0 Å². The van der Waals surface area contributed by atoms with Gasteiger partial charge in [-0.05, 0) is 18.6 Å². The average molecular weight is 234 g/mol. The quantitative estimate of drug-likeness (QED) is 0.715. The molecule has 2 aromatic rings. The number of rotatable bonds is 1. The molecule has 0 unspecified atom stereocenters. The van der Waals surface area contributed by atoms with Gasteiger partial charge >= 0.3 is 0 Å². The summed E-state index contributed by atoms with van der Waals surface area (Å²) in [4.78, 5) is 17.1. The lowest BCUT2D eigenvalue weighted by Crippen LogP contribution is -2.33. The molecule has 3 rings (SSSR count). The molecule has 82 valence electrons. The van der Waals surface area contributed by atoms with Crippen LogP contribution in [0.15, 0.2) is 32.6 Å². The highest BCUT2D eigenvalue weighted by atomic mass is 32.1. The molecule has 0 aromatic carbocycles. The molecule has 1 aliphatic heterocycles. The Morgan fingerprint density at radius 1 is 1.56 bits per heavy atom. The highest BCUT2D eigenvalue weighted by Crippen LogP contribution is 2.00. The second kappa shape index (κ2) is 3.75. The van der Waals surface area contributed by atoms with Crippen LogP contribution >= 0.6 is 11.3 Å². The third-order valence-electron chi connectivity index (χ3n) is 2.49. The zero-order chi connectivity index (χ0) is 11.0. The summed E-state index contributed by atoms with van der Waals surface area (Å²) in [6.07, 6.45) is 4.32. The molecule has 1 aliphatic rings. The van der Waals surface area contributed by atoms with Crippen molar-refractivity contribution in [3.8, 4) is 0 Å². The molecule has 5 heteroatoms. The van der Waals surface area contributed by atoms with E-state index in [0.29, 0.717) is 10.3 Å². The molecule has 3 heterocycles. The van der Waals surface area contributed by atoms with Crippen molar-refractivity contribution < 1.29 is 4.42 Å². The van der Waals surface area contributed by atoms with Gasteiger partial charge in [0.2, 0.25) is 0 Å². The van der Waals surface area contributed by atoms with Gasteiger partial charge in [-0.15, -0.1) is 0 Å². The van der Waals surface area contributed by atoms with Gasteiger partial charge < -0.3 is 4.42 Å². The van der Waals surface area contributed by atoms with Gasteiger partial charge in [0.25, 0.3) is 5.56 Å². The number of furan rings is 1. The molecule has 0 fully saturated rings. The minimum atomic E-state index is 0.0415. The fourth-order valence-corrected chi connectivity index (χ4v) is 2.74. The van der Waals surface area contributed by atoms with E-state index in [1.807, 2.05) is 6.07 Å². The summed E-state index contributed by atoms with van der Waals surface area (Å²) >= 11 is 1.43. The van der Waals surface area contributed by atoms with E-state index >= 15 is 0 Å². The molecule has 0 bridgehead atoms. The first kappa shape index (κ1) is 9.59. The Balaban J connectivity index is 2.24. The third kappa shape index (κ3) is 1.53. The standard InChI is InChI=1S/C11H10N2O2S/c14-10-9(7-8-3-1-6-15-8)16-11-12-4-2-5-13(10)11/h1,3,6-7H,2,4-5H2. The van der Waals surface area contributed by atoms with E-state index in [2.05, 4.69) is 4.99 Å². The van der Waals surface area contributed by atoms with Gasteiger partial charge in [0.05, 0.1) is 10.8 Å². The molecule has 16 heavy (non-hydrogen) atoms. The first-order chi connectivity index (χ1) is 7.84. The summed E-state index contributed by atoms with van der Waals surface area (Å²) < 4.78 is 7.63. The molecular formula is C11H10N2O2S. The van der Waals surface area contributed by atoms with Crippen molar-refractivity contribution in [2.45, 2.75) is 13.0 Å². The van der Waals surface area contributed by atoms with Crippen LogP contribution in [0.5, 0.6) is 0 Å². The van der Waals surface area contributed by atoms with Crippen molar-refractivity contribution in [1.29, 1.82) is 0 Å². The van der Waals surface area contributed by atoms with Crippen LogP contribution in [-0.2, 0) is 6.54 Å². The van der Waals surface area contributed by atoms with E-state index < -0.39 is 0 Å². The number of nitrogens with zero attached hydrogens (tertiary/aromatic N) is 2. The Kier molecular flexibility index (Phi) is 2.25. The molecular weight excluding hydrogens is 224 g/mol. The van der Waals surface area contributed by atoms with E-state index in [4.69, 9.17) is 4.42 Å². The number of hydrogen-bond acceptors (Lipinski definition) is 4. The van der Waals surface area contributed by atoms with Crippen LogP contribution in [0.1, 0.15) is 12.2 Å². The fourth-order valence-electron chi connectivity index (χ4n) is 1.73. The van der Waals surface area contributed by atoms with Crippen molar-refractivity contribution >= 4 is 17.4 Å². The molecule has 2 aromatic heterocycles. The van der Waals surface area contributed by atoms with Gasteiger partial charge in [0.15, 0.2) is 4.80 Å². The van der Waals surface area contributed by atoms with Crippen molar-refractivity contribution in [3.63, 3.8) is 0 Å². The molecule has 0 radical (unpaired) electrons. The second-order valence-electron chi connectivity index (χ2n) is 3.60. The minimum Gasteiger partial charge on any atom is -0.465 e. The maximum Gasteiger partial charge on any atom is 0.270 e. The van der Waals surface area contributed by atoms with Crippen LogP contribution in [0.25, 0.3) is 6.08 Å². The fraction of sp³-hybridized carbons (Fsp3) is 0.273. The number of hydrogen-bond donors (Lipinski definition) is 0. The number of thiazole rings is 1. The van der Waals surface area contributed by atoms with E-state index in [9.17, 15) is 4.79 Å². The van der Waals surface area contributed by atoms with E-state index in [1.54, 1.807) is 23.0 Å². The van der Waals surface area contributed by atoms with Crippen molar-refractivity contribution in [1.82, 2.24) is 4.57 Å². The third-order valence-corrected chi connectivity index (χ3v) is 3.54. The summed E-state index contributed by atoms with van der Waals surface area (Å²) in [6, 6.07) is 3.64. The number of aromatic nitrogens is 1. The topological polar surface area (TPSA) is 47.5 Å². The van der Waals surface area contributed by atoms with Gasteiger partial charge in [0, 0.05) is 19.2 Å². The molecule has 0 saturated carbocycles. The monoisotopic (exact) mass is 234 g/mol. The summed E-state index contributed by atoms with van der Waals surface area (Å²) in [5, 5.41) is 0. The lowest BCUT2D eigenvalue weighted by atomic mass is 10.4. The highest BCUT2D eigenvalue weighted by Gasteiger charge is 2.08. The second-order valence-corrected chi connectivity index (χ2v) is 4.61. The Morgan fingerprint density at radius 3 is 3.25 bits per heavy atom. The zero-order valence-electron chi connectivity index (χ0n) is 8.55. The smallest absolute Gasteiger partial charge is 0.270 e. The largest absolute Gasteiger partial charge is 0.465 e. The number of fused-ring (bicyclic) bond motifs is 1. The zero-order valence-corrected chi connectivity index (χ0v) is 9.37. The highest BCUT2D eigenvalue weighted by molar-refractivity contribution is 7.07. The van der Waals surface area contributed by atoms with Crippen molar-refractivity contribution in [2.24, 2.45) is 4.99 Å². The first-order valence-electron chi connectivity index (χ1n) is 5.14. The van der Waals surface area contributed by atoms with Crippen LogP contribution < -0.4 is 14.9 Å². The molecule has 4 nitrogen and oxygen atoms in total. The minimum absolute atomic E-state index is 0.0415. The SMILES string of the molecule is O=c1c(=Cc2ccco2)sc2n1CCCN=2. The maximum atomic E-state index is 12.0. The predicted octanol–water partition coefficient (Wildman–Crippen LogP) is 0.355. The van der Waals surface area contributed by atoms with Crippen molar-refractivity contribution in [3.05, 3.63) is 43.8 Å².